The van der Waals surface area contributed by atoms with Gasteiger partial charge in [0.15, 0.2) is 17.3 Å². The molecule has 1 aliphatic heterocycles. The number of hydrogen-bond acceptors (Lipinski definition) is 8. The molecule has 0 bridgehead atoms. The zero-order valence-electron chi connectivity index (χ0n) is 25.9. The second-order valence-corrected chi connectivity index (χ2v) is 12.2. The van der Waals surface area contributed by atoms with Crippen molar-refractivity contribution in [1.82, 2.24) is 29.0 Å². The first-order valence-electron chi connectivity index (χ1n) is 15.2. The summed E-state index contributed by atoms with van der Waals surface area (Å²) in [7, 11) is 4.94. The molecule has 4 aromatic heterocycles. The fourth-order valence-corrected chi connectivity index (χ4v) is 6.38. The van der Waals surface area contributed by atoms with Crippen molar-refractivity contribution < 1.29 is 23.5 Å². The number of likely N-dealkylation sites (tertiary alicyclic amines) is 1. The number of nitrogens with two attached hydrogens (primary N) is 2. The molecule has 5 heterocycles. The number of ether oxygens (including phenoxy) is 2. The Bertz CT molecular complexity index is 2010. The van der Waals surface area contributed by atoms with Gasteiger partial charge in [-0.2, -0.15) is 0 Å². The van der Waals surface area contributed by atoms with E-state index in [1.165, 1.54) is 12.0 Å². The minimum Gasteiger partial charge on any atom is -0.494 e. The normalized spacial score (nSPS) is 18.3. The maximum Gasteiger partial charge on any atom is 0.271 e. The van der Waals surface area contributed by atoms with Gasteiger partial charge >= 0.3 is 0 Å². The average Bonchev–Trinajstić information content (AvgIpc) is 3.72. The van der Waals surface area contributed by atoms with E-state index < -0.39 is 18.1 Å². The highest BCUT2D eigenvalue weighted by Gasteiger charge is 2.31. The number of primary amides is 1. The number of rotatable bonds is 8. The van der Waals surface area contributed by atoms with Gasteiger partial charge in [-0.3, -0.25) is 9.59 Å². The van der Waals surface area contributed by atoms with Gasteiger partial charge in [-0.05, 0) is 61.6 Å². The van der Waals surface area contributed by atoms with Crippen LogP contribution < -0.4 is 20.9 Å². The van der Waals surface area contributed by atoms with Gasteiger partial charge in [0.05, 0.1) is 37.7 Å². The lowest BCUT2D eigenvalue weighted by Crippen LogP contribution is -2.50. The maximum absolute atomic E-state index is 14.3. The first-order chi connectivity index (χ1) is 22.1. The second kappa shape index (κ2) is 11.4. The molecule has 1 saturated heterocycles. The molecule has 1 saturated carbocycles. The lowest BCUT2D eigenvalue weighted by Gasteiger charge is -2.33. The van der Waals surface area contributed by atoms with E-state index in [-0.39, 0.29) is 30.3 Å². The lowest BCUT2D eigenvalue weighted by atomic mass is 10.0. The molecule has 4 N–H and O–H groups in total. The molecule has 46 heavy (non-hydrogen) atoms. The number of piperidine rings is 1. The number of pyridine rings is 2. The Hall–Kier alpha value is -5.04. The lowest BCUT2D eigenvalue weighted by molar-refractivity contribution is 0.0606. The largest absolute Gasteiger partial charge is 0.494 e. The van der Waals surface area contributed by atoms with Crippen LogP contribution in [0.2, 0.25) is 0 Å². The number of hydrogen-bond donors (Lipinski definition) is 2. The molecule has 1 aliphatic carbocycles. The number of aromatic nitrogens is 5. The summed E-state index contributed by atoms with van der Waals surface area (Å²) >= 11 is 0. The van der Waals surface area contributed by atoms with Crippen molar-refractivity contribution in [1.29, 1.82) is 0 Å². The summed E-state index contributed by atoms with van der Waals surface area (Å²) in [6.45, 7) is 1.07. The van der Waals surface area contributed by atoms with Crippen LogP contribution in [0.4, 0.5) is 4.39 Å². The third-order valence-electron chi connectivity index (χ3n) is 8.83. The summed E-state index contributed by atoms with van der Waals surface area (Å²) in [4.78, 5) is 41.0. The number of benzene rings is 1. The van der Waals surface area contributed by atoms with E-state index in [0.29, 0.717) is 46.4 Å². The molecule has 13 heteroatoms. The van der Waals surface area contributed by atoms with Crippen LogP contribution in [0.1, 0.15) is 40.1 Å². The summed E-state index contributed by atoms with van der Waals surface area (Å²) in [5.41, 5.74) is 16.2. The highest BCUT2D eigenvalue weighted by Crippen LogP contribution is 2.38. The van der Waals surface area contributed by atoms with E-state index in [1.54, 1.807) is 31.5 Å². The summed E-state index contributed by atoms with van der Waals surface area (Å²) in [6.07, 6.45) is 2.92. The Morgan fingerprint density at radius 3 is 2.52 bits per heavy atom. The van der Waals surface area contributed by atoms with E-state index in [2.05, 4.69) is 15.6 Å². The van der Waals surface area contributed by atoms with Crippen molar-refractivity contribution in [2.45, 2.75) is 38.0 Å². The van der Waals surface area contributed by atoms with Crippen LogP contribution in [0.25, 0.3) is 44.8 Å². The molecule has 0 radical (unpaired) electrons. The Morgan fingerprint density at radius 1 is 1.04 bits per heavy atom. The van der Waals surface area contributed by atoms with Gasteiger partial charge in [0.25, 0.3) is 11.8 Å². The van der Waals surface area contributed by atoms with E-state index >= 15 is 0 Å². The summed E-state index contributed by atoms with van der Waals surface area (Å²) in [5.74, 6) is 1.01. The highest BCUT2D eigenvalue weighted by molar-refractivity contribution is 6.00. The standard InChI is InChI=1S/C33H35FN8O4/c1-40-29-24(8-19(10-27(29)46-3)33(44)41-15-21(34)12-22(35)16-41)39-32(40)25-9-18-6-7-23(38-31(18)42(25)14-17-4-5-17)20-11-26(45-2)28(30(36)43)37-13-20/h6-11,13,17,21-22H,4-5,12,14-16,35H2,1-3H3,(H2,36,43)/t21-,22-/m1/s1. The van der Waals surface area contributed by atoms with Crippen molar-refractivity contribution in [2.75, 3.05) is 27.3 Å². The molecule has 2 fully saturated rings. The first kappa shape index (κ1) is 29.7. The first-order valence-corrected chi connectivity index (χ1v) is 15.2. The predicted molar refractivity (Wildman–Crippen MR) is 170 cm³/mol. The molecule has 1 aromatic carbocycles. The van der Waals surface area contributed by atoms with Gasteiger partial charge in [0.2, 0.25) is 0 Å². The number of fused-ring (bicyclic) bond motifs is 2. The molecule has 2 amide bonds. The molecule has 5 aromatic rings. The number of methoxy groups -OCH3 is 2. The van der Waals surface area contributed by atoms with Crippen LogP contribution in [0.5, 0.6) is 11.5 Å². The fourth-order valence-electron chi connectivity index (χ4n) is 6.38. The van der Waals surface area contributed by atoms with E-state index in [0.717, 1.165) is 41.6 Å². The zero-order valence-corrected chi connectivity index (χ0v) is 25.9. The van der Waals surface area contributed by atoms with Crippen LogP contribution >= 0.6 is 0 Å². The summed E-state index contributed by atoms with van der Waals surface area (Å²) < 4.78 is 29.6. The second-order valence-electron chi connectivity index (χ2n) is 12.2. The van der Waals surface area contributed by atoms with Gasteiger partial charge in [0, 0.05) is 48.9 Å². The molecule has 2 atom stereocenters. The van der Waals surface area contributed by atoms with Gasteiger partial charge < -0.3 is 35.0 Å². The third kappa shape index (κ3) is 5.19. The Balaban J connectivity index is 1.33. The number of amides is 2. The van der Waals surface area contributed by atoms with E-state index in [9.17, 15) is 14.0 Å². The highest BCUT2D eigenvalue weighted by atomic mass is 19.1. The molecule has 2 aliphatic rings. The predicted octanol–water partition coefficient (Wildman–Crippen LogP) is 3.69. The molecular formula is C33H35FN8O4. The molecule has 12 nitrogen and oxygen atoms in total. The van der Waals surface area contributed by atoms with E-state index in [4.69, 9.17) is 30.9 Å². The van der Waals surface area contributed by atoms with Crippen LogP contribution in [0.15, 0.2) is 42.6 Å². The van der Waals surface area contributed by atoms with Crippen molar-refractivity contribution in [3.63, 3.8) is 0 Å². The Labute approximate surface area is 264 Å². The van der Waals surface area contributed by atoms with Crippen LogP contribution in [-0.2, 0) is 13.6 Å². The molecular weight excluding hydrogens is 591 g/mol. The van der Waals surface area contributed by atoms with Gasteiger partial charge in [0.1, 0.15) is 23.1 Å². The molecule has 7 rings (SSSR count). The Morgan fingerprint density at radius 2 is 1.83 bits per heavy atom. The van der Waals surface area contributed by atoms with E-state index in [1.807, 2.05) is 23.7 Å². The van der Waals surface area contributed by atoms with Crippen LogP contribution in [0, 0.1) is 5.92 Å². The molecule has 238 valence electrons. The van der Waals surface area contributed by atoms with Crippen molar-refractivity contribution in [2.24, 2.45) is 24.4 Å². The van der Waals surface area contributed by atoms with Crippen molar-refractivity contribution in [3.05, 3.63) is 53.9 Å². The number of carbonyl (C=O) groups is 2. The number of aryl methyl sites for hydroxylation is 1. The smallest absolute Gasteiger partial charge is 0.271 e. The number of imidazole rings is 1. The summed E-state index contributed by atoms with van der Waals surface area (Å²) in [5, 5.41) is 0.935. The average molecular weight is 627 g/mol. The fraction of sp³-hybridized carbons (Fsp3) is 0.364. The quantitative estimate of drug-likeness (QED) is 0.264. The topological polar surface area (TPSA) is 156 Å². The number of alkyl halides is 1. The van der Waals surface area contributed by atoms with Crippen LogP contribution in [0.3, 0.4) is 0 Å². The van der Waals surface area contributed by atoms with Crippen molar-refractivity contribution >= 4 is 33.9 Å². The van der Waals surface area contributed by atoms with Gasteiger partial charge in [-0.1, -0.05) is 0 Å². The molecule has 0 spiro atoms. The summed E-state index contributed by atoms with van der Waals surface area (Å²) in [6, 6.07) is 10.7. The zero-order chi connectivity index (χ0) is 32.3. The SMILES string of the molecule is COc1cc(-c2ccc3cc(-c4nc5cc(C(=O)N6C[C@H](N)C[C@@H](F)C6)cc(OC)c5n4C)n(CC4CC4)c3n2)cnc1C(N)=O. The Kier molecular flexibility index (Phi) is 7.35. The van der Waals surface area contributed by atoms with Crippen LogP contribution in [-0.4, -0.2) is 80.3 Å². The maximum atomic E-state index is 14.3. The van der Waals surface area contributed by atoms with Gasteiger partial charge in [-0.15, -0.1) is 0 Å². The minimum atomic E-state index is -1.16. The molecule has 0 unspecified atom stereocenters. The monoisotopic (exact) mass is 626 g/mol. The van der Waals surface area contributed by atoms with Gasteiger partial charge in [-0.25, -0.2) is 19.3 Å². The minimum absolute atomic E-state index is 0.00868. The number of halogens is 1. The number of nitrogens with zero attached hydrogens (tertiary/aromatic N) is 6. The number of carbonyl (C=O) groups excluding carboxylic acids is 2. The third-order valence-corrected chi connectivity index (χ3v) is 8.83. The van der Waals surface area contributed by atoms with Crippen molar-refractivity contribution in [3.8, 4) is 34.3 Å².